The van der Waals surface area contributed by atoms with Gasteiger partial charge in [-0.15, -0.1) is 0 Å². The number of aliphatic carboxylic acids is 1. The molecule has 0 unspecified atom stereocenters. The first-order valence-electron chi connectivity index (χ1n) is 9.18. The molecule has 0 aliphatic carbocycles. The molecule has 0 fully saturated rings. The number of hydrogen-bond acceptors (Lipinski definition) is 4. The number of hydrogen-bond donors (Lipinski definition) is 2. The van der Waals surface area contributed by atoms with E-state index in [1.54, 1.807) is 19.9 Å². The zero-order valence-corrected chi connectivity index (χ0v) is 17.5. The standard InChI is InChI=1S/C20H30N4O3/c1-11(2)14-9-13(17(25)21-10-20(7,8)18(26)27)15-12(3)23-24(16(15)22-14)19(4,5)6/h9,11H,10H2,1-8H3,(H,21,25)(H,26,27). The van der Waals surface area contributed by atoms with Gasteiger partial charge in [0.15, 0.2) is 5.65 Å². The molecule has 0 radical (unpaired) electrons. The second-order valence-electron chi connectivity index (χ2n) is 8.99. The van der Waals surface area contributed by atoms with Gasteiger partial charge in [0.2, 0.25) is 0 Å². The molecule has 7 nitrogen and oxygen atoms in total. The predicted molar refractivity (Wildman–Crippen MR) is 105 cm³/mol. The molecule has 1 amide bonds. The van der Waals surface area contributed by atoms with Crippen LogP contribution in [-0.4, -0.2) is 38.3 Å². The molecule has 148 valence electrons. The highest BCUT2D eigenvalue weighted by molar-refractivity contribution is 6.06. The van der Waals surface area contributed by atoms with Crippen LogP contribution in [-0.2, 0) is 10.3 Å². The molecular weight excluding hydrogens is 344 g/mol. The highest BCUT2D eigenvalue weighted by Crippen LogP contribution is 2.29. The molecule has 2 heterocycles. The minimum Gasteiger partial charge on any atom is -0.481 e. The Labute approximate surface area is 160 Å². The second kappa shape index (κ2) is 6.94. The van der Waals surface area contributed by atoms with Crippen molar-refractivity contribution in [2.45, 2.75) is 66.8 Å². The van der Waals surface area contributed by atoms with Crippen molar-refractivity contribution in [3.63, 3.8) is 0 Å². The van der Waals surface area contributed by atoms with E-state index in [1.807, 2.05) is 46.2 Å². The fourth-order valence-electron chi connectivity index (χ4n) is 2.72. The van der Waals surface area contributed by atoms with E-state index in [-0.39, 0.29) is 23.9 Å². The molecular formula is C20H30N4O3. The molecule has 0 bridgehead atoms. The number of fused-ring (bicyclic) bond motifs is 1. The Morgan fingerprint density at radius 2 is 1.81 bits per heavy atom. The second-order valence-corrected chi connectivity index (χ2v) is 8.99. The van der Waals surface area contributed by atoms with Crippen molar-refractivity contribution < 1.29 is 14.7 Å². The molecule has 2 aromatic heterocycles. The van der Waals surface area contributed by atoms with E-state index in [4.69, 9.17) is 4.98 Å². The molecule has 7 heteroatoms. The molecule has 0 saturated carbocycles. The van der Waals surface area contributed by atoms with Crippen molar-refractivity contribution in [1.82, 2.24) is 20.1 Å². The van der Waals surface area contributed by atoms with Crippen molar-refractivity contribution in [2.75, 3.05) is 6.54 Å². The number of carboxylic acid groups (broad SMARTS) is 1. The molecule has 0 spiro atoms. The van der Waals surface area contributed by atoms with Crippen LogP contribution in [0.5, 0.6) is 0 Å². The molecule has 2 N–H and O–H groups in total. The number of carbonyl (C=O) groups excluding carboxylic acids is 1. The number of aromatic nitrogens is 3. The Morgan fingerprint density at radius 1 is 1.22 bits per heavy atom. The Kier molecular flexibility index (Phi) is 5.37. The molecule has 0 atom stereocenters. The zero-order valence-electron chi connectivity index (χ0n) is 17.5. The van der Waals surface area contributed by atoms with E-state index >= 15 is 0 Å². The van der Waals surface area contributed by atoms with E-state index in [1.165, 1.54) is 0 Å². The summed E-state index contributed by atoms with van der Waals surface area (Å²) < 4.78 is 1.85. The fourth-order valence-corrected chi connectivity index (χ4v) is 2.72. The normalized spacial score (nSPS) is 12.6. The minimum absolute atomic E-state index is 0.0362. The van der Waals surface area contributed by atoms with Crippen LogP contribution in [0.1, 0.15) is 76.1 Å². The number of amides is 1. The summed E-state index contributed by atoms with van der Waals surface area (Å²) in [5.74, 6) is -1.13. The summed E-state index contributed by atoms with van der Waals surface area (Å²) in [6, 6.07) is 1.79. The van der Waals surface area contributed by atoms with Gasteiger partial charge in [0, 0.05) is 12.2 Å². The SMILES string of the molecule is Cc1nn(C(C)(C)C)c2nc(C(C)C)cc(C(=O)NCC(C)(C)C(=O)O)c12. The summed E-state index contributed by atoms with van der Waals surface area (Å²) in [5, 5.41) is 17.4. The van der Waals surface area contributed by atoms with E-state index in [2.05, 4.69) is 10.4 Å². The van der Waals surface area contributed by atoms with Gasteiger partial charge in [-0.05, 0) is 53.5 Å². The van der Waals surface area contributed by atoms with Gasteiger partial charge >= 0.3 is 5.97 Å². The van der Waals surface area contributed by atoms with E-state index < -0.39 is 11.4 Å². The van der Waals surface area contributed by atoms with Gasteiger partial charge < -0.3 is 10.4 Å². The van der Waals surface area contributed by atoms with E-state index in [9.17, 15) is 14.7 Å². The smallest absolute Gasteiger partial charge is 0.310 e. The Morgan fingerprint density at radius 3 is 2.30 bits per heavy atom. The van der Waals surface area contributed by atoms with Crippen molar-refractivity contribution in [1.29, 1.82) is 0 Å². The molecule has 0 saturated heterocycles. The highest BCUT2D eigenvalue weighted by Gasteiger charge is 2.29. The first-order valence-corrected chi connectivity index (χ1v) is 9.18. The molecule has 0 aromatic carbocycles. The lowest BCUT2D eigenvalue weighted by molar-refractivity contribution is -0.146. The van der Waals surface area contributed by atoms with Gasteiger partial charge in [0.1, 0.15) is 0 Å². The maximum Gasteiger partial charge on any atom is 0.310 e. The fraction of sp³-hybridized carbons (Fsp3) is 0.600. The quantitative estimate of drug-likeness (QED) is 0.835. The lowest BCUT2D eigenvalue weighted by atomic mass is 9.93. The summed E-state index contributed by atoms with van der Waals surface area (Å²) >= 11 is 0. The molecule has 0 aliphatic rings. The number of nitrogens with one attached hydrogen (secondary N) is 1. The number of aryl methyl sites for hydroxylation is 1. The summed E-state index contributed by atoms with van der Waals surface area (Å²) in [6.45, 7) is 15.2. The first-order chi connectivity index (χ1) is 12.3. The van der Waals surface area contributed by atoms with Gasteiger partial charge in [-0.1, -0.05) is 13.8 Å². The lowest BCUT2D eigenvalue weighted by Crippen LogP contribution is -2.39. The molecule has 2 aromatic rings. The van der Waals surface area contributed by atoms with Gasteiger partial charge in [0.25, 0.3) is 5.91 Å². The van der Waals surface area contributed by atoms with Crippen LogP contribution in [0.3, 0.4) is 0 Å². The average molecular weight is 374 g/mol. The van der Waals surface area contributed by atoms with Gasteiger partial charge in [0.05, 0.1) is 27.6 Å². The van der Waals surface area contributed by atoms with E-state index in [0.717, 1.165) is 11.4 Å². The van der Waals surface area contributed by atoms with Crippen molar-refractivity contribution >= 4 is 22.9 Å². The Bertz CT molecular complexity index is 889. The largest absolute Gasteiger partial charge is 0.481 e. The van der Waals surface area contributed by atoms with Crippen LogP contribution in [0.25, 0.3) is 11.0 Å². The summed E-state index contributed by atoms with van der Waals surface area (Å²) in [4.78, 5) is 29.0. The van der Waals surface area contributed by atoms with Crippen molar-refractivity contribution in [3.05, 3.63) is 23.0 Å². The number of pyridine rings is 1. The van der Waals surface area contributed by atoms with Gasteiger partial charge in [-0.2, -0.15) is 5.10 Å². The van der Waals surface area contributed by atoms with Crippen molar-refractivity contribution in [2.24, 2.45) is 5.41 Å². The third-order valence-corrected chi connectivity index (χ3v) is 4.57. The van der Waals surface area contributed by atoms with Crippen LogP contribution in [0.4, 0.5) is 0 Å². The van der Waals surface area contributed by atoms with Crippen molar-refractivity contribution in [3.8, 4) is 0 Å². The molecule has 27 heavy (non-hydrogen) atoms. The molecule has 0 aliphatic heterocycles. The maximum absolute atomic E-state index is 12.9. The summed E-state index contributed by atoms with van der Waals surface area (Å²) in [6.07, 6.45) is 0. The maximum atomic E-state index is 12.9. The highest BCUT2D eigenvalue weighted by atomic mass is 16.4. The lowest BCUT2D eigenvalue weighted by Gasteiger charge is -2.21. The van der Waals surface area contributed by atoms with Crippen LogP contribution in [0.15, 0.2) is 6.07 Å². The molecule has 2 rings (SSSR count). The first kappa shape index (κ1) is 20.9. The van der Waals surface area contributed by atoms with Gasteiger partial charge in [-0.3, -0.25) is 9.59 Å². The van der Waals surface area contributed by atoms with E-state index in [0.29, 0.717) is 16.6 Å². The summed E-state index contributed by atoms with van der Waals surface area (Å²) in [7, 11) is 0. The predicted octanol–water partition coefficient (Wildman–Crippen LogP) is 3.46. The third kappa shape index (κ3) is 4.12. The average Bonchev–Trinajstić information content (AvgIpc) is 2.89. The van der Waals surface area contributed by atoms with Crippen LogP contribution in [0.2, 0.25) is 0 Å². The Balaban J connectivity index is 2.60. The zero-order chi connectivity index (χ0) is 20.7. The number of nitrogens with zero attached hydrogens (tertiary/aromatic N) is 3. The van der Waals surface area contributed by atoms with Gasteiger partial charge in [-0.25, -0.2) is 9.67 Å². The Hall–Kier alpha value is -2.44. The third-order valence-electron chi connectivity index (χ3n) is 4.57. The number of carbonyl (C=O) groups is 2. The number of carboxylic acids is 1. The topological polar surface area (TPSA) is 97.1 Å². The number of rotatable bonds is 5. The van der Waals surface area contributed by atoms with Crippen LogP contribution in [0, 0.1) is 12.3 Å². The minimum atomic E-state index is -1.05. The summed E-state index contributed by atoms with van der Waals surface area (Å²) in [5.41, 5.74) is 1.36. The van der Waals surface area contributed by atoms with Crippen LogP contribution < -0.4 is 5.32 Å². The van der Waals surface area contributed by atoms with Crippen LogP contribution >= 0.6 is 0 Å². The monoisotopic (exact) mass is 374 g/mol.